The zero-order chi connectivity index (χ0) is 5.82. The van der Waals surface area contributed by atoms with Gasteiger partial charge in [-0.1, -0.05) is 0 Å². The van der Waals surface area contributed by atoms with Crippen LogP contribution in [-0.4, -0.2) is 13.8 Å². The van der Waals surface area contributed by atoms with Gasteiger partial charge in [-0.15, -0.1) is 10.1 Å². The average Bonchev–Trinajstić information content (AvgIpc) is 2.19. The molecule has 0 saturated carbocycles. The molecule has 0 aromatic heterocycles. The molecule has 1 heterocycles. The van der Waals surface area contributed by atoms with Crippen LogP contribution in [0.15, 0.2) is 22.7 Å². The van der Waals surface area contributed by atoms with Gasteiger partial charge < -0.3 is 4.74 Å². The molecule has 0 aromatic carbocycles. The molecule has 1 atom stereocenters. The van der Waals surface area contributed by atoms with Gasteiger partial charge in [0.1, 0.15) is 12.4 Å². The number of hydrogen-bond acceptors (Lipinski definition) is 3. The van der Waals surface area contributed by atoms with E-state index in [1.54, 1.807) is 13.3 Å². The van der Waals surface area contributed by atoms with Gasteiger partial charge in [-0.05, 0) is 0 Å². The van der Waals surface area contributed by atoms with Gasteiger partial charge in [0.25, 0.3) is 0 Å². The first kappa shape index (κ1) is 5.40. The Kier molecular flexibility index (Phi) is 1.71. The normalized spacial score (nSPS) is 24.9. The smallest absolute Gasteiger partial charge is 0.211 e. The molecule has 8 heavy (non-hydrogen) atoms. The summed E-state index contributed by atoms with van der Waals surface area (Å²) in [6, 6.07) is 0. The average molecular weight is 114 g/mol. The molecule has 0 aliphatic carbocycles. The van der Waals surface area contributed by atoms with Gasteiger partial charge in [0.15, 0.2) is 0 Å². The number of ether oxygens (including phenoxy) is 1. The minimum Gasteiger partial charge on any atom is -0.333 e. The lowest BCUT2D eigenvalue weighted by atomic mass is 10.9. The zero-order valence-electron chi connectivity index (χ0n) is 4.66. The Bertz CT molecular complexity index is 108. The summed E-state index contributed by atoms with van der Waals surface area (Å²) in [6.45, 7) is 0.556. The first-order chi connectivity index (χ1) is 3.93. The largest absolute Gasteiger partial charge is 0.333 e. The Morgan fingerprint density at radius 1 is 1.75 bits per heavy atom. The third kappa shape index (κ3) is 1.11. The Hall–Kier alpha value is -0.740. The van der Waals surface area contributed by atoms with Crippen molar-refractivity contribution in [2.45, 2.75) is 0 Å². The van der Waals surface area contributed by atoms with E-state index >= 15 is 0 Å². The van der Waals surface area contributed by atoms with Crippen LogP contribution < -0.4 is 5.01 Å². The number of methoxy groups -OCH3 is 1. The number of nitrogens with one attached hydrogen (secondary N) is 1. The summed E-state index contributed by atoms with van der Waals surface area (Å²) in [7, 11) is 1.63. The van der Waals surface area contributed by atoms with Crippen molar-refractivity contribution in [3.05, 3.63) is 12.4 Å². The monoisotopic (exact) mass is 114 g/mol. The Balaban J connectivity index is 2.27. The fourth-order valence-corrected chi connectivity index (χ4v) is 0.485. The minimum atomic E-state index is 0.556. The Morgan fingerprint density at radius 2 is 2.62 bits per heavy atom. The third-order valence-corrected chi connectivity index (χ3v) is 0.812. The molecule has 0 bridgehead atoms. The fraction of sp³-hybridized carbons (Fsp3) is 0.500. The predicted octanol–water partition coefficient (Wildman–Crippen LogP) is -0.673. The summed E-state index contributed by atoms with van der Waals surface area (Å²) in [5, 5.41) is 8.22. The Labute approximate surface area is 47.4 Å². The van der Waals surface area contributed by atoms with E-state index < -0.39 is 0 Å². The first-order valence-corrected chi connectivity index (χ1v) is 2.35. The molecular weight excluding hydrogens is 106 g/mol. The highest BCUT2D eigenvalue weighted by Crippen LogP contribution is 1.75. The van der Waals surface area contributed by atoms with Crippen molar-refractivity contribution in [3.8, 4) is 0 Å². The summed E-state index contributed by atoms with van der Waals surface area (Å²) in [6.07, 6.45) is 3.47. The molecule has 4 nitrogen and oxygen atoms in total. The van der Waals surface area contributed by atoms with E-state index in [4.69, 9.17) is 4.74 Å². The maximum Gasteiger partial charge on any atom is 0.211 e. The molecule has 0 radical (unpaired) electrons. The second kappa shape index (κ2) is 2.54. The van der Waals surface area contributed by atoms with E-state index in [9.17, 15) is 0 Å². The molecule has 1 rings (SSSR count). The molecule has 44 valence electrons. The van der Waals surface area contributed by atoms with Crippen LogP contribution in [0.4, 0.5) is 0 Å². The van der Waals surface area contributed by atoms with Gasteiger partial charge in [-0.2, -0.15) is 0 Å². The van der Waals surface area contributed by atoms with Crippen molar-refractivity contribution in [2.24, 2.45) is 10.3 Å². The molecule has 1 unspecified atom stereocenters. The summed E-state index contributed by atoms with van der Waals surface area (Å²) in [4.78, 5) is 0. The van der Waals surface area contributed by atoms with E-state index in [-0.39, 0.29) is 0 Å². The predicted molar refractivity (Wildman–Crippen MR) is 26.8 cm³/mol. The number of rotatable bonds is 2. The quantitative estimate of drug-likeness (QED) is 0.508. The van der Waals surface area contributed by atoms with Gasteiger partial charge in [0, 0.05) is 12.3 Å². The number of hydrogen-bond donors (Lipinski definition) is 1. The van der Waals surface area contributed by atoms with E-state index in [2.05, 4.69) is 10.3 Å². The van der Waals surface area contributed by atoms with Crippen LogP contribution in [-0.2, 0) is 4.74 Å². The summed E-state index contributed by atoms with van der Waals surface area (Å²) < 4.78 is 4.78. The van der Waals surface area contributed by atoms with Crippen LogP contribution in [0.5, 0.6) is 0 Å². The van der Waals surface area contributed by atoms with Crippen LogP contribution in [0.2, 0.25) is 0 Å². The molecular formula is C4H8N3O+. The van der Waals surface area contributed by atoms with Crippen LogP contribution in [0.3, 0.4) is 0 Å². The maximum absolute atomic E-state index is 4.78. The van der Waals surface area contributed by atoms with Crippen molar-refractivity contribution in [3.63, 3.8) is 0 Å². The van der Waals surface area contributed by atoms with Crippen LogP contribution in [0, 0.1) is 0 Å². The molecule has 1 aliphatic heterocycles. The van der Waals surface area contributed by atoms with Crippen molar-refractivity contribution in [1.29, 1.82) is 0 Å². The molecule has 0 saturated heterocycles. The minimum absolute atomic E-state index is 0.556. The van der Waals surface area contributed by atoms with Crippen molar-refractivity contribution >= 4 is 0 Å². The topological polar surface area (TPSA) is 38.4 Å². The SMILES string of the molecule is COC[NH+]1C=CN=N1. The Morgan fingerprint density at radius 3 is 3.12 bits per heavy atom. The first-order valence-electron chi connectivity index (χ1n) is 2.35. The van der Waals surface area contributed by atoms with Gasteiger partial charge in [0.2, 0.25) is 6.73 Å². The third-order valence-electron chi connectivity index (χ3n) is 0.812. The second-order valence-corrected chi connectivity index (χ2v) is 1.46. The van der Waals surface area contributed by atoms with Crippen molar-refractivity contribution in [2.75, 3.05) is 13.8 Å². The van der Waals surface area contributed by atoms with E-state index in [0.717, 1.165) is 5.01 Å². The molecule has 0 aromatic rings. The van der Waals surface area contributed by atoms with Crippen molar-refractivity contribution < 1.29 is 9.75 Å². The van der Waals surface area contributed by atoms with Gasteiger partial charge in [0.05, 0.1) is 0 Å². The lowest BCUT2D eigenvalue weighted by molar-refractivity contribution is -0.876. The number of nitrogens with zero attached hydrogens (tertiary/aromatic N) is 2. The molecule has 0 spiro atoms. The lowest BCUT2D eigenvalue weighted by Gasteiger charge is -1.97. The van der Waals surface area contributed by atoms with Gasteiger partial charge in [-0.3, -0.25) is 0 Å². The van der Waals surface area contributed by atoms with Gasteiger partial charge >= 0.3 is 0 Å². The molecule has 4 heteroatoms. The highest BCUT2D eigenvalue weighted by atomic mass is 16.5. The summed E-state index contributed by atoms with van der Waals surface area (Å²) in [5.74, 6) is 0. The summed E-state index contributed by atoms with van der Waals surface area (Å²) in [5.41, 5.74) is 0. The van der Waals surface area contributed by atoms with Crippen LogP contribution >= 0.6 is 0 Å². The van der Waals surface area contributed by atoms with Crippen LogP contribution in [0.1, 0.15) is 0 Å². The lowest BCUT2D eigenvalue weighted by Crippen LogP contribution is -3.01. The number of quaternary nitrogens is 1. The maximum atomic E-state index is 4.78. The van der Waals surface area contributed by atoms with Crippen molar-refractivity contribution in [1.82, 2.24) is 0 Å². The summed E-state index contributed by atoms with van der Waals surface area (Å²) >= 11 is 0. The molecule has 1 N–H and O–H groups in total. The fourth-order valence-electron chi connectivity index (χ4n) is 0.485. The highest BCUT2D eigenvalue weighted by Gasteiger charge is 2.03. The molecule has 1 aliphatic rings. The second-order valence-electron chi connectivity index (χ2n) is 1.46. The highest BCUT2D eigenvalue weighted by molar-refractivity contribution is 4.67. The zero-order valence-corrected chi connectivity index (χ0v) is 4.66. The molecule has 0 fully saturated rings. The van der Waals surface area contributed by atoms with Crippen LogP contribution in [0.25, 0.3) is 0 Å². The van der Waals surface area contributed by atoms with Gasteiger partial charge in [-0.25, -0.2) is 0 Å². The van der Waals surface area contributed by atoms with E-state index in [0.29, 0.717) is 6.73 Å². The van der Waals surface area contributed by atoms with E-state index in [1.165, 1.54) is 0 Å². The standard InChI is InChI=1S/C4H7N3O/c1-8-4-7-3-2-5-6-7/h2-3H,4H2,1H3/p+1. The van der Waals surface area contributed by atoms with E-state index in [1.807, 2.05) is 6.20 Å². The molecule has 0 amide bonds.